The van der Waals surface area contributed by atoms with Crippen LogP contribution < -0.4 is 5.73 Å². The lowest BCUT2D eigenvalue weighted by atomic mass is 10.0. The lowest BCUT2D eigenvalue weighted by Gasteiger charge is -2.36. The Kier molecular flexibility index (Phi) is 5.71. The molecule has 1 saturated heterocycles. The fraction of sp³-hybridized carbons (Fsp3) is 1.00. The molecule has 3 nitrogen and oxygen atoms in total. The molecule has 2 N–H and O–H groups in total. The highest BCUT2D eigenvalue weighted by atomic mass is 35.5. The monoisotopic (exact) mass is 262 g/mol. The second kappa shape index (κ2) is 6.37. The van der Waals surface area contributed by atoms with Gasteiger partial charge in [0.1, 0.15) is 0 Å². The van der Waals surface area contributed by atoms with E-state index in [1.54, 1.807) is 0 Å². The summed E-state index contributed by atoms with van der Waals surface area (Å²) in [6, 6.07) is 0. The van der Waals surface area contributed by atoms with Crippen molar-refractivity contribution < 1.29 is 4.74 Å². The summed E-state index contributed by atoms with van der Waals surface area (Å²) >= 11 is 0. The summed E-state index contributed by atoms with van der Waals surface area (Å²) in [5.74, 6) is 0.876. The number of likely N-dealkylation sites (tertiary alicyclic amines) is 1. The van der Waals surface area contributed by atoms with Crippen LogP contribution in [0.1, 0.15) is 39.5 Å². The maximum atomic E-state index is 6.06. The zero-order valence-corrected chi connectivity index (χ0v) is 12.0. The second-order valence-electron chi connectivity index (χ2n) is 6.26. The standard InChI is InChI=1S/C13H26N2O.ClH/c1-13(2,14)10-15-7-3-4-12(8-15)16-9-11-5-6-11;/h11-12H,3-10,14H2,1-2H3;1H. The Labute approximate surface area is 111 Å². The molecule has 0 radical (unpaired) electrons. The van der Waals surface area contributed by atoms with Crippen molar-refractivity contribution in [3.05, 3.63) is 0 Å². The van der Waals surface area contributed by atoms with Gasteiger partial charge in [-0.05, 0) is 52.0 Å². The zero-order chi connectivity index (χ0) is 11.6. The molecule has 1 saturated carbocycles. The second-order valence-corrected chi connectivity index (χ2v) is 6.26. The lowest BCUT2D eigenvalue weighted by Crippen LogP contribution is -2.50. The van der Waals surface area contributed by atoms with Crippen LogP contribution in [0.25, 0.3) is 0 Å². The van der Waals surface area contributed by atoms with Crippen LogP contribution in [0.4, 0.5) is 0 Å². The Morgan fingerprint density at radius 3 is 2.59 bits per heavy atom. The Balaban J connectivity index is 0.00000144. The highest BCUT2D eigenvalue weighted by molar-refractivity contribution is 5.85. The van der Waals surface area contributed by atoms with Gasteiger partial charge < -0.3 is 10.5 Å². The molecule has 0 amide bonds. The predicted octanol–water partition coefficient (Wildman–Crippen LogP) is 2.04. The SMILES string of the molecule is CC(C)(N)CN1CCCC(OCC2CC2)C1.Cl. The molecular weight excluding hydrogens is 236 g/mol. The van der Waals surface area contributed by atoms with Crippen molar-refractivity contribution in [2.75, 3.05) is 26.2 Å². The van der Waals surface area contributed by atoms with Gasteiger partial charge in [-0.1, -0.05) is 0 Å². The molecule has 0 spiro atoms. The van der Waals surface area contributed by atoms with Crippen molar-refractivity contribution in [1.82, 2.24) is 4.90 Å². The van der Waals surface area contributed by atoms with Crippen LogP contribution in [-0.2, 0) is 4.74 Å². The largest absolute Gasteiger partial charge is 0.377 e. The molecule has 102 valence electrons. The highest BCUT2D eigenvalue weighted by Crippen LogP contribution is 2.30. The van der Waals surface area contributed by atoms with Crippen LogP contribution in [0.5, 0.6) is 0 Å². The van der Waals surface area contributed by atoms with Gasteiger partial charge in [0.05, 0.1) is 6.10 Å². The fourth-order valence-electron chi connectivity index (χ4n) is 2.43. The number of hydrogen-bond acceptors (Lipinski definition) is 3. The van der Waals surface area contributed by atoms with Gasteiger partial charge in [0.15, 0.2) is 0 Å². The van der Waals surface area contributed by atoms with Crippen molar-refractivity contribution in [1.29, 1.82) is 0 Å². The molecular formula is C13H27ClN2O. The summed E-state index contributed by atoms with van der Waals surface area (Å²) in [5, 5.41) is 0. The molecule has 0 aromatic rings. The Hall–Kier alpha value is 0.170. The number of halogens is 1. The lowest BCUT2D eigenvalue weighted by molar-refractivity contribution is -0.00886. The summed E-state index contributed by atoms with van der Waals surface area (Å²) in [5.41, 5.74) is 5.98. The average molecular weight is 263 g/mol. The van der Waals surface area contributed by atoms with Gasteiger partial charge in [-0.2, -0.15) is 0 Å². The van der Waals surface area contributed by atoms with E-state index in [2.05, 4.69) is 18.7 Å². The van der Waals surface area contributed by atoms with E-state index in [1.165, 1.54) is 32.2 Å². The summed E-state index contributed by atoms with van der Waals surface area (Å²) in [6.45, 7) is 8.43. The van der Waals surface area contributed by atoms with Gasteiger partial charge in [0, 0.05) is 25.2 Å². The van der Waals surface area contributed by atoms with Gasteiger partial charge in [0.25, 0.3) is 0 Å². The number of ether oxygens (including phenoxy) is 1. The number of hydrogen-bond donors (Lipinski definition) is 1. The molecule has 4 heteroatoms. The smallest absolute Gasteiger partial charge is 0.0702 e. The Morgan fingerprint density at radius 1 is 1.29 bits per heavy atom. The average Bonchev–Trinajstić information content (AvgIpc) is 2.96. The molecule has 1 aliphatic carbocycles. The third-order valence-electron chi connectivity index (χ3n) is 3.36. The molecule has 17 heavy (non-hydrogen) atoms. The van der Waals surface area contributed by atoms with Crippen molar-refractivity contribution in [3.63, 3.8) is 0 Å². The summed E-state index contributed by atoms with van der Waals surface area (Å²) in [6.07, 6.45) is 5.70. The molecule has 2 rings (SSSR count). The maximum Gasteiger partial charge on any atom is 0.0702 e. The van der Waals surface area contributed by atoms with Gasteiger partial charge in [0.2, 0.25) is 0 Å². The molecule has 2 fully saturated rings. The minimum absolute atomic E-state index is 0. The number of nitrogens with zero attached hydrogens (tertiary/aromatic N) is 1. The van der Waals surface area contributed by atoms with E-state index in [1.807, 2.05) is 0 Å². The predicted molar refractivity (Wildman–Crippen MR) is 73.7 cm³/mol. The first-order chi connectivity index (χ1) is 7.53. The Bertz CT molecular complexity index is 226. The summed E-state index contributed by atoms with van der Waals surface area (Å²) < 4.78 is 5.97. The van der Waals surface area contributed by atoms with E-state index in [0.717, 1.165) is 25.6 Å². The zero-order valence-electron chi connectivity index (χ0n) is 11.2. The topological polar surface area (TPSA) is 38.5 Å². The third-order valence-corrected chi connectivity index (χ3v) is 3.36. The first-order valence-corrected chi connectivity index (χ1v) is 6.66. The van der Waals surface area contributed by atoms with Crippen molar-refractivity contribution in [2.45, 2.75) is 51.2 Å². The van der Waals surface area contributed by atoms with Crippen LogP contribution in [0.3, 0.4) is 0 Å². The van der Waals surface area contributed by atoms with Crippen LogP contribution in [0.2, 0.25) is 0 Å². The summed E-state index contributed by atoms with van der Waals surface area (Å²) in [4.78, 5) is 2.46. The van der Waals surface area contributed by atoms with Gasteiger partial charge in [-0.15, -0.1) is 12.4 Å². The number of nitrogens with two attached hydrogens (primary N) is 1. The number of piperidine rings is 1. The van der Waals surface area contributed by atoms with E-state index in [9.17, 15) is 0 Å². The van der Waals surface area contributed by atoms with E-state index in [-0.39, 0.29) is 17.9 Å². The van der Waals surface area contributed by atoms with Crippen LogP contribution in [0.15, 0.2) is 0 Å². The van der Waals surface area contributed by atoms with Gasteiger partial charge in [-0.3, -0.25) is 4.90 Å². The molecule has 0 aromatic carbocycles. The van der Waals surface area contributed by atoms with Crippen molar-refractivity contribution >= 4 is 12.4 Å². The normalized spacial score (nSPS) is 26.6. The molecule has 1 atom stereocenters. The minimum atomic E-state index is -0.0849. The van der Waals surface area contributed by atoms with Gasteiger partial charge >= 0.3 is 0 Å². The first-order valence-electron chi connectivity index (χ1n) is 6.66. The maximum absolute atomic E-state index is 6.06. The Morgan fingerprint density at radius 2 is 2.00 bits per heavy atom. The van der Waals surface area contributed by atoms with E-state index < -0.39 is 0 Å². The van der Waals surface area contributed by atoms with Gasteiger partial charge in [-0.25, -0.2) is 0 Å². The quantitative estimate of drug-likeness (QED) is 0.824. The van der Waals surface area contributed by atoms with Crippen LogP contribution in [-0.4, -0.2) is 42.8 Å². The van der Waals surface area contributed by atoms with Crippen molar-refractivity contribution in [3.8, 4) is 0 Å². The molecule has 1 aliphatic heterocycles. The fourth-order valence-corrected chi connectivity index (χ4v) is 2.43. The summed E-state index contributed by atoms with van der Waals surface area (Å²) in [7, 11) is 0. The van der Waals surface area contributed by atoms with E-state index >= 15 is 0 Å². The molecule has 1 unspecified atom stereocenters. The van der Waals surface area contributed by atoms with E-state index in [0.29, 0.717) is 6.10 Å². The van der Waals surface area contributed by atoms with Crippen molar-refractivity contribution in [2.24, 2.45) is 11.7 Å². The highest BCUT2D eigenvalue weighted by Gasteiger charge is 2.27. The van der Waals surface area contributed by atoms with E-state index in [4.69, 9.17) is 10.5 Å². The molecule has 0 bridgehead atoms. The van der Waals surface area contributed by atoms with Crippen LogP contribution in [0, 0.1) is 5.92 Å². The van der Waals surface area contributed by atoms with Crippen LogP contribution >= 0.6 is 12.4 Å². The molecule has 2 aliphatic rings. The first kappa shape index (κ1) is 15.2. The molecule has 1 heterocycles. The molecule has 0 aromatic heterocycles. The minimum Gasteiger partial charge on any atom is -0.377 e. The number of rotatable bonds is 5. The third kappa shape index (κ3) is 6.05.